The van der Waals surface area contributed by atoms with Crippen LogP contribution in [0.25, 0.3) is 0 Å². The Morgan fingerprint density at radius 1 is 1.08 bits per heavy atom. The number of hydrogen-bond donors (Lipinski definition) is 1. The maximum atomic E-state index is 13.5. The molecule has 3 amide bonds. The van der Waals surface area contributed by atoms with Crippen LogP contribution in [0.2, 0.25) is 0 Å². The third-order valence-electron chi connectivity index (χ3n) is 7.26. The first-order chi connectivity index (χ1) is 17.3. The summed E-state index contributed by atoms with van der Waals surface area (Å²) in [6.07, 6.45) is 2.47. The summed E-state index contributed by atoms with van der Waals surface area (Å²) in [5.41, 5.74) is 1.66. The first kappa shape index (κ1) is 24.0. The summed E-state index contributed by atoms with van der Waals surface area (Å²) < 4.78 is 5.47. The van der Waals surface area contributed by atoms with E-state index >= 15 is 0 Å². The maximum Gasteiger partial charge on any atom is 0.354 e. The van der Waals surface area contributed by atoms with E-state index < -0.39 is 24.1 Å². The number of esters is 1. The molecule has 2 aromatic rings. The lowest BCUT2D eigenvalue weighted by atomic mass is 9.96. The SMILES string of the molecule is CC(C)c1ccc(CCNC(=O)COC(=O)C23CCC(=O)N2c2ccccc2C(=O)N3C2CC2)cc1. The van der Waals surface area contributed by atoms with Crippen LogP contribution in [0, 0.1) is 0 Å². The number of para-hydroxylation sites is 1. The summed E-state index contributed by atoms with van der Waals surface area (Å²) >= 11 is 0. The summed E-state index contributed by atoms with van der Waals surface area (Å²) in [6, 6.07) is 15.0. The monoisotopic (exact) mass is 489 g/mol. The van der Waals surface area contributed by atoms with Crippen molar-refractivity contribution in [2.24, 2.45) is 0 Å². The van der Waals surface area contributed by atoms with Crippen molar-refractivity contribution in [1.82, 2.24) is 10.2 Å². The van der Waals surface area contributed by atoms with Gasteiger partial charge in [0.1, 0.15) is 0 Å². The molecule has 1 atom stereocenters. The zero-order valence-electron chi connectivity index (χ0n) is 20.7. The molecule has 0 aromatic heterocycles. The molecule has 0 spiro atoms. The average molecular weight is 490 g/mol. The number of carbonyl (C=O) groups is 4. The second kappa shape index (κ2) is 9.41. The highest BCUT2D eigenvalue weighted by molar-refractivity contribution is 6.15. The Kier molecular flexibility index (Phi) is 6.28. The standard InChI is InChI=1S/C28H31N3O5/c1-18(2)20-9-7-19(8-10-20)14-16-29-24(32)17-36-27(35)28-15-13-25(33)31(28)23-6-4-3-5-22(23)26(34)30(28)21-11-12-21/h3-10,18,21H,11-17H2,1-2H3,(H,29,32). The van der Waals surface area contributed by atoms with Gasteiger partial charge >= 0.3 is 5.97 Å². The van der Waals surface area contributed by atoms with Crippen molar-refractivity contribution >= 4 is 29.4 Å². The van der Waals surface area contributed by atoms with Crippen LogP contribution in [0.5, 0.6) is 0 Å². The number of nitrogens with zero attached hydrogens (tertiary/aromatic N) is 2. The Labute approximate surface area is 210 Å². The van der Waals surface area contributed by atoms with E-state index in [0.29, 0.717) is 30.1 Å². The van der Waals surface area contributed by atoms with Gasteiger partial charge in [-0.3, -0.25) is 19.3 Å². The molecule has 2 heterocycles. The molecule has 1 unspecified atom stereocenters. The molecule has 2 aromatic carbocycles. The van der Waals surface area contributed by atoms with Crippen LogP contribution in [0.1, 0.15) is 66.9 Å². The smallest absolute Gasteiger partial charge is 0.354 e. The third kappa shape index (κ3) is 4.14. The Morgan fingerprint density at radius 3 is 2.50 bits per heavy atom. The number of hydrogen-bond acceptors (Lipinski definition) is 5. The molecule has 0 bridgehead atoms. The largest absolute Gasteiger partial charge is 0.452 e. The highest BCUT2D eigenvalue weighted by Crippen LogP contribution is 2.49. The summed E-state index contributed by atoms with van der Waals surface area (Å²) in [5.74, 6) is -1.20. The van der Waals surface area contributed by atoms with Crippen molar-refractivity contribution in [1.29, 1.82) is 0 Å². The van der Waals surface area contributed by atoms with Crippen LogP contribution < -0.4 is 10.2 Å². The molecule has 1 saturated carbocycles. The Bertz CT molecular complexity index is 1200. The van der Waals surface area contributed by atoms with Gasteiger partial charge in [-0.25, -0.2) is 4.79 Å². The highest BCUT2D eigenvalue weighted by atomic mass is 16.5. The average Bonchev–Trinajstić information content (AvgIpc) is 3.65. The van der Waals surface area contributed by atoms with Crippen molar-refractivity contribution in [3.8, 4) is 0 Å². The van der Waals surface area contributed by atoms with Crippen molar-refractivity contribution in [3.05, 3.63) is 65.2 Å². The fourth-order valence-electron chi connectivity index (χ4n) is 5.23. The van der Waals surface area contributed by atoms with Crippen molar-refractivity contribution in [2.45, 2.75) is 63.6 Å². The molecule has 5 rings (SSSR count). The first-order valence-corrected chi connectivity index (χ1v) is 12.6. The van der Waals surface area contributed by atoms with Crippen LogP contribution in [0.15, 0.2) is 48.5 Å². The Morgan fingerprint density at radius 2 is 1.81 bits per heavy atom. The van der Waals surface area contributed by atoms with Crippen LogP contribution >= 0.6 is 0 Å². The lowest BCUT2D eigenvalue weighted by Crippen LogP contribution is -2.69. The first-order valence-electron chi connectivity index (χ1n) is 12.6. The summed E-state index contributed by atoms with van der Waals surface area (Å²) in [7, 11) is 0. The van der Waals surface area contributed by atoms with Gasteiger partial charge in [-0.05, 0) is 48.4 Å². The van der Waals surface area contributed by atoms with E-state index in [1.807, 2.05) is 0 Å². The van der Waals surface area contributed by atoms with Crippen LogP contribution in [0.4, 0.5) is 5.69 Å². The lowest BCUT2D eigenvalue weighted by molar-refractivity contribution is -0.160. The zero-order valence-corrected chi connectivity index (χ0v) is 20.7. The Hall–Kier alpha value is -3.68. The molecule has 8 nitrogen and oxygen atoms in total. The van der Waals surface area contributed by atoms with Gasteiger partial charge in [-0.2, -0.15) is 0 Å². The fourth-order valence-corrected chi connectivity index (χ4v) is 5.23. The highest BCUT2D eigenvalue weighted by Gasteiger charge is 2.64. The number of fused-ring (bicyclic) bond motifs is 3. The topological polar surface area (TPSA) is 96.0 Å². The fraction of sp³-hybridized carbons (Fsp3) is 0.429. The molecule has 3 aliphatic rings. The number of carbonyl (C=O) groups excluding carboxylic acids is 4. The molecule has 2 fully saturated rings. The van der Waals surface area contributed by atoms with Crippen LogP contribution in [0.3, 0.4) is 0 Å². The van der Waals surface area contributed by atoms with Gasteiger partial charge in [0.05, 0.1) is 11.3 Å². The van der Waals surface area contributed by atoms with Crippen molar-refractivity contribution in [2.75, 3.05) is 18.1 Å². The van der Waals surface area contributed by atoms with Gasteiger partial charge in [0.2, 0.25) is 11.6 Å². The number of nitrogens with one attached hydrogen (secondary N) is 1. The summed E-state index contributed by atoms with van der Waals surface area (Å²) in [4.78, 5) is 55.3. The van der Waals surface area contributed by atoms with Gasteiger partial charge < -0.3 is 15.0 Å². The summed E-state index contributed by atoms with van der Waals surface area (Å²) in [5, 5.41) is 2.79. The predicted molar refractivity (Wildman–Crippen MR) is 133 cm³/mol. The number of amides is 3. The Balaban J connectivity index is 1.25. The molecule has 1 N–H and O–H groups in total. The summed E-state index contributed by atoms with van der Waals surface area (Å²) in [6.45, 7) is 4.22. The molecule has 8 heteroatoms. The quantitative estimate of drug-likeness (QED) is 0.575. The van der Waals surface area contributed by atoms with Gasteiger partial charge in [-0.1, -0.05) is 50.2 Å². The van der Waals surface area contributed by atoms with Crippen molar-refractivity contribution in [3.63, 3.8) is 0 Å². The molecular weight excluding hydrogens is 458 g/mol. The predicted octanol–water partition coefficient (Wildman–Crippen LogP) is 3.15. The molecule has 36 heavy (non-hydrogen) atoms. The zero-order chi connectivity index (χ0) is 25.4. The second-order valence-electron chi connectivity index (χ2n) is 10.0. The van der Waals surface area contributed by atoms with Gasteiger partial charge in [0.15, 0.2) is 6.61 Å². The number of anilines is 1. The normalized spacial score (nSPS) is 20.9. The molecular formula is C28H31N3O5. The lowest BCUT2D eigenvalue weighted by Gasteiger charge is -2.48. The molecule has 0 radical (unpaired) electrons. The third-order valence-corrected chi connectivity index (χ3v) is 7.26. The number of ether oxygens (including phenoxy) is 1. The van der Waals surface area contributed by atoms with E-state index in [2.05, 4.69) is 43.4 Å². The van der Waals surface area contributed by atoms with Gasteiger partial charge in [-0.15, -0.1) is 0 Å². The van der Waals surface area contributed by atoms with E-state index in [1.165, 1.54) is 15.4 Å². The number of benzene rings is 2. The van der Waals surface area contributed by atoms with Crippen LogP contribution in [-0.4, -0.2) is 53.4 Å². The minimum atomic E-state index is -1.54. The van der Waals surface area contributed by atoms with Crippen molar-refractivity contribution < 1.29 is 23.9 Å². The minimum absolute atomic E-state index is 0.122. The number of rotatable bonds is 8. The molecule has 1 saturated heterocycles. The van der Waals surface area contributed by atoms with E-state index in [4.69, 9.17) is 4.74 Å². The molecule has 188 valence electrons. The van der Waals surface area contributed by atoms with E-state index in [-0.39, 0.29) is 30.7 Å². The van der Waals surface area contributed by atoms with E-state index in [0.717, 1.165) is 18.4 Å². The van der Waals surface area contributed by atoms with E-state index in [9.17, 15) is 19.2 Å². The molecule has 2 aliphatic heterocycles. The van der Waals surface area contributed by atoms with E-state index in [1.54, 1.807) is 24.3 Å². The minimum Gasteiger partial charge on any atom is -0.452 e. The molecule has 1 aliphatic carbocycles. The van der Waals surface area contributed by atoms with Gasteiger partial charge in [0.25, 0.3) is 11.8 Å². The maximum absolute atomic E-state index is 13.5. The van der Waals surface area contributed by atoms with Gasteiger partial charge in [0, 0.05) is 25.4 Å². The second-order valence-corrected chi connectivity index (χ2v) is 10.0. The van der Waals surface area contributed by atoms with Crippen LogP contribution in [-0.2, 0) is 25.5 Å².